The molecule has 0 saturated heterocycles. The molecule has 4 aliphatic carbocycles. The molecule has 1 aliphatic heterocycles. The fourth-order valence-corrected chi connectivity index (χ4v) is 7.73. The van der Waals surface area contributed by atoms with Gasteiger partial charge in [0.15, 0.2) is 0 Å². The number of ether oxygens (including phenoxy) is 1. The van der Waals surface area contributed by atoms with E-state index < -0.39 is 0 Å². The lowest BCUT2D eigenvalue weighted by atomic mass is 9.49. The Morgan fingerprint density at radius 3 is 2.40 bits per heavy atom. The van der Waals surface area contributed by atoms with E-state index in [0.717, 1.165) is 40.3 Å². The van der Waals surface area contributed by atoms with Crippen molar-refractivity contribution < 1.29 is 14.3 Å². The Hall–Kier alpha value is -2.96. The number of benzene rings is 1. The first-order valence-electron chi connectivity index (χ1n) is 13.0. The Morgan fingerprint density at radius 1 is 1.06 bits per heavy atom. The predicted octanol–water partition coefficient (Wildman–Crippen LogP) is 4.16. The van der Waals surface area contributed by atoms with Gasteiger partial charge in [-0.15, -0.1) is 0 Å². The van der Waals surface area contributed by atoms with E-state index in [1.165, 1.54) is 44.9 Å². The fourth-order valence-electron chi connectivity index (χ4n) is 7.73. The van der Waals surface area contributed by atoms with Crippen LogP contribution in [0.5, 0.6) is 5.75 Å². The van der Waals surface area contributed by atoms with Crippen molar-refractivity contribution in [1.82, 2.24) is 14.9 Å². The van der Waals surface area contributed by atoms with Gasteiger partial charge < -0.3 is 15.0 Å². The summed E-state index contributed by atoms with van der Waals surface area (Å²) >= 11 is 0. The Bertz CT molecular complexity index is 1090. The standard InChI is InChI=1S/C28H34N4O3/c1-35-22-4-2-18(3-5-22)11-26(34)32-7-6-23-24(16-32)29-17-30-27(23)31-25(33)15-28-12-19-8-20(13-28)10-21(9-19)14-28/h2-5,17,19-21H,6-16H2,1H3,(H,29,30,31,33). The molecule has 0 spiro atoms. The van der Waals surface area contributed by atoms with Crippen LogP contribution in [0.15, 0.2) is 30.6 Å². The minimum Gasteiger partial charge on any atom is -0.497 e. The molecule has 4 saturated carbocycles. The Kier molecular flexibility index (Phi) is 5.73. The van der Waals surface area contributed by atoms with E-state index >= 15 is 0 Å². The second kappa shape index (κ2) is 8.92. The lowest BCUT2D eigenvalue weighted by Gasteiger charge is -2.56. The maximum Gasteiger partial charge on any atom is 0.227 e. The highest BCUT2D eigenvalue weighted by atomic mass is 16.5. The Morgan fingerprint density at radius 2 is 1.74 bits per heavy atom. The summed E-state index contributed by atoms with van der Waals surface area (Å²) in [6, 6.07) is 7.60. The topological polar surface area (TPSA) is 84.4 Å². The van der Waals surface area contributed by atoms with E-state index in [1.807, 2.05) is 29.2 Å². The molecule has 2 heterocycles. The molecule has 7 nitrogen and oxygen atoms in total. The van der Waals surface area contributed by atoms with Crippen molar-refractivity contribution in [3.05, 3.63) is 47.4 Å². The smallest absolute Gasteiger partial charge is 0.227 e. The first-order valence-corrected chi connectivity index (χ1v) is 13.0. The summed E-state index contributed by atoms with van der Waals surface area (Å²) in [5.74, 6) is 4.08. The zero-order chi connectivity index (χ0) is 24.0. The van der Waals surface area contributed by atoms with Crippen LogP contribution in [0.1, 0.15) is 61.8 Å². The van der Waals surface area contributed by atoms with Crippen molar-refractivity contribution in [3.63, 3.8) is 0 Å². The summed E-state index contributed by atoms with van der Waals surface area (Å²) in [6.07, 6.45) is 10.9. The lowest BCUT2D eigenvalue weighted by Crippen LogP contribution is -2.47. The molecule has 7 heteroatoms. The van der Waals surface area contributed by atoms with Crippen molar-refractivity contribution in [1.29, 1.82) is 0 Å². The summed E-state index contributed by atoms with van der Waals surface area (Å²) < 4.78 is 5.20. The average Bonchev–Trinajstić information content (AvgIpc) is 2.83. The summed E-state index contributed by atoms with van der Waals surface area (Å²) in [5, 5.41) is 3.13. The van der Waals surface area contributed by atoms with Crippen molar-refractivity contribution in [2.75, 3.05) is 19.0 Å². The van der Waals surface area contributed by atoms with Crippen molar-refractivity contribution >= 4 is 17.6 Å². The molecule has 1 aromatic carbocycles. The number of anilines is 1. The highest BCUT2D eigenvalue weighted by molar-refractivity contribution is 5.91. The molecular formula is C28H34N4O3. The number of carbonyl (C=O) groups excluding carboxylic acids is 2. The normalized spacial score (nSPS) is 28.5. The number of aromatic nitrogens is 2. The number of carbonyl (C=O) groups is 2. The third kappa shape index (κ3) is 4.53. The van der Waals surface area contributed by atoms with E-state index in [9.17, 15) is 9.59 Å². The summed E-state index contributed by atoms with van der Waals surface area (Å²) in [6.45, 7) is 1.05. The fraction of sp³-hybridized carbons (Fsp3) is 0.571. The predicted molar refractivity (Wildman–Crippen MR) is 132 cm³/mol. The second-order valence-corrected chi connectivity index (χ2v) is 11.4. The number of hydrogen-bond acceptors (Lipinski definition) is 5. The third-order valence-corrected chi connectivity index (χ3v) is 8.83. The number of amides is 2. The molecule has 0 radical (unpaired) electrons. The molecular weight excluding hydrogens is 440 g/mol. The number of methoxy groups -OCH3 is 1. The summed E-state index contributed by atoms with van der Waals surface area (Å²) in [4.78, 5) is 36.8. The molecule has 1 aromatic heterocycles. The zero-order valence-electron chi connectivity index (χ0n) is 20.5. The van der Waals surface area contributed by atoms with Gasteiger partial charge in [0, 0.05) is 18.5 Å². The Balaban J connectivity index is 1.09. The van der Waals surface area contributed by atoms with E-state index in [4.69, 9.17) is 4.74 Å². The van der Waals surface area contributed by atoms with Crippen LogP contribution in [0.3, 0.4) is 0 Å². The van der Waals surface area contributed by atoms with Gasteiger partial charge in [0.2, 0.25) is 11.8 Å². The molecule has 5 aliphatic rings. The second-order valence-electron chi connectivity index (χ2n) is 11.4. The first kappa shape index (κ1) is 22.5. The van der Waals surface area contributed by atoms with Gasteiger partial charge in [0.1, 0.15) is 17.9 Å². The van der Waals surface area contributed by atoms with Crippen LogP contribution in [-0.4, -0.2) is 40.3 Å². The number of hydrogen-bond donors (Lipinski definition) is 1. The summed E-state index contributed by atoms with van der Waals surface area (Å²) in [7, 11) is 1.63. The SMILES string of the molecule is COc1ccc(CC(=O)N2CCc3c(ncnc3NC(=O)CC34CC5CC(CC(C5)C3)C4)C2)cc1. The van der Waals surface area contributed by atoms with Gasteiger partial charge in [-0.2, -0.15) is 0 Å². The quantitative estimate of drug-likeness (QED) is 0.680. The van der Waals surface area contributed by atoms with Crippen LogP contribution in [0, 0.1) is 23.2 Å². The molecule has 1 N–H and O–H groups in total. The van der Waals surface area contributed by atoms with Crippen LogP contribution >= 0.6 is 0 Å². The molecule has 7 rings (SSSR count). The van der Waals surface area contributed by atoms with Gasteiger partial charge in [0.05, 0.1) is 25.8 Å². The molecule has 0 unspecified atom stereocenters. The molecule has 4 fully saturated rings. The number of nitrogens with one attached hydrogen (secondary N) is 1. The largest absolute Gasteiger partial charge is 0.497 e. The molecule has 0 atom stereocenters. The van der Waals surface area contributed by atoms with Gasteiger partial charge in [-0.3, -0.25) is 9.59 Å². The van der Waals surface area contributed by atoms with Crippen molar-refractivity contribution in [2.45, 2.75) is 64.3 Å². The first-order chi connectivity index (χ1) is 17.0. The molecule has 2 aromatic rings. The van der Waals surface area contributed by atoms with E-state index in [0.29, 0.717) is 38.2 Å². The molecule has 35 heavy (non-hydrogen) atoms. The van der Waals surface area contributed by atoms with Crippen LogP contribution in [0.4, 0.5) is 5.82 Å². The molecule has 2 amide bonds. The van der Waals surface area contributed by atoms with Crippen LogP contribution in [0.25, 0.3) is 0 Å². The highest BCUT2D eigenvalue weighted by Gasteiger charge is 2.51. The maximum absolute atomic E-state index is 13.2. The minimum atomic E-state index is 0.0758. The van der Waals surface area contributed by atoms with Gasteiger partial charge in [-0.05, 0) is 85.8 Å². The van der Waals surface area contributed by atoms with E-state index in [-0.39, 0.29) is 17.2 Å². The van der Waals surface area contributed by atoms with Gasteiger partial charge in [-0.1, -0.05) is 12.1 Å². The number of rotatable bonds is 6. The van der Waals surface area contributed by atoms with Crippen LogP contribution in [0.2, 0.25) is 0 Å². The van der Waals surface area contributed by atoms with Crippen LogP contribution < -0.4 is 10.1 Å². The van der Waals surface area contributed by atoms with Gasteiger partial charge in [-0.25, -0.2) is 9.97 Å². The minimum absolute atomic E-state index is 0.0758. The van der Waals surface area contributed by atoms with Gasteiger partial charge in [0.25, 0.3) is 0 Å². The monoisotopic (exact) mass is 474 g/mol. The zero-order valence-corrected chi connectivity index (χ0v) is 20.5. The van der Waals surface area contributed by atoms with E-state index in [2.05, 4.69) is 15.3 Å². The number of fused-ring (bicyclic) bond motifs is 1. The van der Waals surface area contributed by atoms with E-state index in [1.54, 1.807) is 7.11 Å². The average molecular weight is 475 g/mol. The maximum atomic E-state index is 13.2. The van der Waals surface area contributed by atoms with Crippen molar-refractivity contribution in [3.8, 4) is 5.75 Å². The van der Waals surface area contributed by atoms with Gasteiger partial charge >= 0.3 is 0 Å². The lowest BCUT2D eigenvalue weighted by molar-refractivity contribution is -0.131. The van der Waals surface area contributed by atoms with Crippen molar-refractivity contribution in [2.24, 2.45) is 23.2 Å². The molecule has 184 valence electrons. The number of nitrogens with zero attached hydrogens (tertiary/aromatic N) is 3. The third-order valence-electron chi connectivity index (χ3n) is 8.83. The van der Waals surface area contributed by atoms with Crippen LogP contribution in [-0.2, 0) is 29.0 Å². The molecule has 4 bridgehead atoms. The Labute approximate surface area is 206 Å². The highest BCUT2D eigenvalue weighted by Crippen LogP contribution is 2.61. The summed E-state index contributed by atoms with van der Waals surface area (Å²) in [5.41, 5.74) is 2.97.